The zero-order chi connectivity index (χ0) is 16.9. The molecule has 1 aromatic heterocycles. The molecule has 7 heteroatoms. The Bertz CT molecular complexity index is 556. The molecule has 0 aliphatic carbocycles. The summed E-state index contributed by atoms with van der Waals surface area (Å²) in [5, 5.41) is 2.94. The lowest BCUT2D eigenvalue weighted by Crippen LogP contribution is -2.40. The Balaban J connectivity index is 2.90. The number of rotatable bonds is 5. The number of carbonyl (C=O) groups is 2. The molecule has 0 bridgehead atoms. The number of hydrogen-bond acceptors (Lipinski definition) is 4. The molecule has 1 N–H and O–H groups in total. The molecule has 1 aromatic rings. The van der Waals surface area contributed by atoms with E-state index in [9.17, 15) is 9.59 Å². The minimum Gasteiger partial charge on any atom is -0.464 e. The lowest BCUT2D eigenvalue weighted by molar-refractivity contribution is -0.144. The van der Waals surface area contributed by atoms with Crippen molar-refractivity contribution in [2.24, 2.45) is 5.41 Å². The maximum Gasteiger partial charge on any atom is 0.332 e. The first kappa shape index (κ1) is 19.0. The molecular weight excluding hydrogens is 345 g/mol. The summed E-state index contributed by atoms with van der Waals surface area (Å²) in [5.74, 6) is -0.930. The van der Waals surface area contributed by atoms with E-state index in [0.717, 1.165) is 11.3 Å². The maximum absolute atomic E-state index is 12.2. The average Bonchev–Trinajstić information content (AvgIpc) is 2.73. The van der Waals surface area contributed by atoms with E-state index >= 15 is 0 Å². The topological polar surface area (TPSA) is 55.4 Å². The van der Waals surface area contributed by atoms with E-state index in [2.05, 4.69) is 5.32 Å². The third kappa shape index (κ3) is 5.99. The van der Waals surface area contributed by atoms with E-state index in [1.807, 2.05) is 26.8 Å². The second-order valence-corrected chi connectivity index (χ2v) is 7.72. The van der Waals surface area contributed by atoms with Gasteiger partial charge in [-0.2, -0.15) is 0 Å². The molecule has 1 unspecified atom stereocenters. The summed E-state index contributed by atoms with van der Waals surface area (Å²) < 4.78 is 5.32. The Morgan fingerprint density at radius 2 is 2.05 bits per heavy atom. The fourth-order valence-corrected chi connectivity index (χ4v) is 2.74. The van der Waals surface area contributed by atoms with Crippen molar-refractivity contribution >= 4 is 46.4 Å². The molecule has 0 fully saturated rings. The number of amides is 1. The predicted octanol–water partition coefficient (Wildman–Crippen LogP) is 4.32. The lowest BCUT2D eigenvalue weighted by Gasteiger charge is -2.16. The van der Waals surface area contributed by atoms with Crippen molar-refractivity contribution in [2.45, 2.75) is 33.7 Å². The number of allylic oxidation sites excluding steroid dienone is 1. The number of thiophene rings is 1. The van der Waals surface area contributed by atoms with Crippen LogP contribution in [-0.2, 0) is 9.53 Å². The molecule has 122 valence electrons. The monoisotopic (exact) mass is 363 g/mol. The van der Waals surface area contributed by atoms with Crippen molar-refractivity contribution in [2.75, 3.05) is 6.61 Å². The number of carbonyl (C=O) groups excluding carboxylic acids is 2. The van der Waals surface area contributed by atoms with Crippen molar-refractivity contribution in [1.29, 1.82) is 0 Å². The Kier molecular flexibility index (Phi) is 6.91. The SMILES string of the molecule is CCOC(=O)C(/C=C/C(C)(C)C)NC(=O)c1cc(Cl)c(Cl)s1. The first-order valence-electron chi connectivity index (χ1n) is 6.75. The molecule has 1 amide bonds. The van der Waals surface area contributed by atoms with Crippen molar-refractivity contribution in [3.63, 3.8) is 0 Å². The normalized spacial score (nSPS) is 13.2. The van der Waals surface area contributed by atoms with Crippen molar-refractivity contribution in [3.8, 4) is 0 Å². The zero-order valence-corrected chi connectivity index (χ0v) is 15.2. The molecule has 0 aliphatic heterocycles. The van der Waals surface area contributed by atoms with E-state index < -0.39 is 17.9 Å². The highest BCUT2D eigenvalue weighted by Crippen LogP contribution is 2.31. The number of nitrogens with one attached hydrogen (secondary N) is 1. The van der Waals surface area contributed by atoms with Crippen LogP contribution in [0.1, 0.15) is 37.4 Å². The van der Waals surface area contributed by atoms with Crippen LogP contribution < -0.4 is 5.32 Å². The van der Waals surface area contributed by atoms with Crippen LogP contribution in [0.4, 0.5) is 0 Å². The molecule has 22 heavy (non-hydrogen) atoms. The second-order valence-electron chi connectivity index (χ2n) is 5.66. The van der Waals surface area contributed by atoms with Gasteiger partial charge < -0.3 is 10.1 Å². The third-order valence-electron chi connectivity index (χ3n) is 2.48. The molecule has 1 rings (SSSR count). The van der Waals surface area contributed by atoms with E-state index in [4.69, 9.17) is 27.9 Å². The zero-order valence-electron chi connectivity index (χ0n) is 12.9. The van der Waals surface area contributed by atoms with Gasteiger partial charge in [0.2, 0.25) is 0 Å². The van der Waals surface area contributed by atoms with Gasteiger partial charge in [0.1, 0.15) is 10.4 Å². The molecule has 4 nitrogen and oxygen atoms in total. The quantitative estimate of drug-likeness (QED) is 0.625. The largest absolute Gasteiger partial charge is 0.464 e. The highest BCUT2D eigenvalue weighted by Gasteiger charge is 2.22. The smallest absolute Gasteiger partial charge is 0.332 e. The van der Waals surface area contributed by atoms with Crippen LogP contribution in [0.2, 0.25) is 9.36 Å². The number of hydrogen-bond donors (Lipinski definition) is 1. The fourth-order valence-electron chi connectivity index (χ4n) is 1.47. The van der Waals surface area contributed by atoms with E-state index in [1.165, 1.54) is 6.07 Å². The van der Waals surface area contributed by atoms with Gasteiger partial charge in [0, 0.05) is 0 Å². The van der Waals surface area contributed by atoms with Crippen LogP contribution in [0.15, 0.2) is 18.2 Å². The van der Waals surface area contributed by atoms with Gasteiger partial charge in [-0.15, -0.1) is 11.3 Å². The number of esters is 1. The first-order chi connectivity index (χ1) is 10.1. The molecule has 0 spiro atoms. The van der Waals surface area contributed by atoms with Gasteiger partial charge in [-0.05, 0) is 18.4 Å². The molecule has 0 saturated heterocycles. The summed E-state index contributed by atoms with van der Waals surface area (Å²) in [5.41, 5.74) is -0.120. The van der Waals surface area contributed by atoms with Gasteiger partial charge in [0.05, 0.1) is 16.5 Å². The average molecular weight is 364 g/mol. The van der Waals surface area contributed by atoms with Crippen molar-refractivity contribution < 1.29 is 14.3 Å². The van der Waals surface area contributed by atoms with E-state index in [1.54, 1.807) is 13.0 Å². The molecule has 0 radical (unpaired) electrons. The predicted molar refractivity (Wildman–Crippen MR) is 90.8 cm³/mol. The summed E-state index contributed by atoms with van der Waals surface area (Å²) in [7, 11) is 0. The first-order valence-corrected chi connectivity index (χ1v) is 8.33. The summed E-state index contributed by atoms with van der Waals surface area (Å²) in [4.78, 5) is 24.5. The maximum atomic E-state index is 12.2. The van der Waals surface area contributed by atoms with Gasteiger partial charge in [-0.3, -0.25) is 4.79 Å². The van der Waals surface area contributed by atoms with Crippen molar-refractivity contribution in [3.05, 3.63) is 32.5 Å². The Labute approximate surface area is 144 Å². The van der Waals surface area contributed by atoms with Crippen molar-refractivity contribution in [1.82, 2.24) is 5.32 Å². The minimum absolute atomic E-state index is 0.120. The summed E-state index contributed by atoms with van der Waals surface area (Å²) in [6, 6.07) is 0.617. The van der Waals surface area contributed by atoms with Crippen LogP contribution in [-0.4, -0.2) is 24.5 Å². The highest BCUT2D eigenvalue weighted by atomic mass is 35.5. The van der Waals surface area contributed by atoms with Gasteiger partial charge >= 0.3 is 5.97 Å². The molecule has 0 aromatic carbocycles. The van der Waals surface area contributed by atoms with Gasteiger partial charge in [-0.25, -0.2) is 4.79 Å². The van der Waals surface area contributed by atoms with Crippen LogP contribution in [0.5, 0.6) is 0 Å². The molecule has 1 heterocycles. The second kappa shape index (κ2) is 7.99. The summed E-state index contributed by atoms with van der Waals surface area (Å²) >= 11 is 12.7. The Hall–Kier alpha value is -1.04. The Morgan fingerprint density at radius 1 is 1.41 bits per heavy atom. The number of ether oxygens (including phenoxy) is 1. The van der Waals surface area contributed by atoms with E-state index in [-0.39, 0.29) is 12.0 Å². The van der Waals surface area contributed by atoms with Crippen LogP contribution in [0.25, 0.3) is 0 Å². The molecule has 1 atom stereocenters. The fraction of sp³-hybridized carbons (Fsp3) is 0.467. The standard InChI is InChI=1S/C15H19Cl2NO3S/c1-5-21-14(20)10(6-7-15(2,3)4)18-13(19)11-8-9(16)12(17)22-11/h6-8,10H,5H2,1-4H3,(H,18,19)/b7-6+. The lowest BCUT2D eigenvalue weighted by atomic mass is 9.95. The minimum atomic E-state index is -0.855. The van der Waals surface area contributed by atoms with E-state index in [0.29, 0.717) is 14.2 Å². The highest BCUT2D eigenvalue weighted by molar-refractivity contribution is 7.18. The molecule has 0 aliphatic rings. The van der Waals surface area contributed by atoms with Crippen LogP contribution in [0, 0.1) is 5.41 Å². The molecular formula is C15H19Cl2NO3S. The van der Waals surface area contributed by atoms with Gasteiger partial charge in [-0.1, -0.05) is 56.1 Å². The number of halogens is 2. The Morgan fingerprint density at radius 3 is 2.50 bits per heavy atom. The van der Waals surface area contributed by atoms with Crippen LogP contribution >= 0.6 is 34.5 Å². The third-order valence-corrected chi connectivity index (χ3v) is 4.35. The summed E-state index contributed by atoms with van der Waals surface area (Å²) in [6.07, 6.45) is 3.48. The van der Waals surface area contributed by atoms with Gasteiger partial charge in [0.25, 0.3) is 5.91 Å². The van der Waals surface area contributed by atoms with Crippen LogP contribution in [0.3, 0.4) is 0 Å². The summed E-state index contributed by atoms with van der Waals surface area (Å²) in [6.45, 7) is 7.93. The molecule has 0 saturated carbocycles. The van der Waals surface area contributed by atoms with Gasteiger partial charge in [0.15, 0.2) is 0 Å².